The number of benzene rings is 2. The zero-order valence-corrected chi connectivity index (χ0v) is 19.4. The molecular formula is C26H34N4O3. The summed E-state index contributed by atoms with van der Waals surface area (Å²) in [4.78, 5) is 39.2. The molecule has 0 atom stereocenters. The summed E-state index contributed by atoms with van der Waals surface area (Å²) in [6, 6.07) is 14.1. The van der Waals surface area contributed by atoms with E-state index in [0.717, 1.165) is 38.8 Å². The van der Waals surface area contributed by atoms with Gasteiger partial charge in [-0.25, -0.2) is 0 Å². The fourth-order valence-electron chi connectivity index (χ4n) is 3.79. The van der Waals surface area contributed by atoms with E-state index in [2.05, 4.69) is 22.9 Å². The van der Waals surface area contributed by atoms with Crippen LogP contribution in [0.3, 0.4) is 0 Å². The number of carbonyl (C=O) groups is 3. The van der Waals surface area contributed by atoms with Crippen LogP contribution in [0, 0.1) is 0 Å². The van der Waals surface area contributed by atoms with E-state index in [-0.39, 0.29) is 24.3 Å². The summed E-state index contributed by atoms with van der Waals surface area (Å²) < 4.78 is 0. The van der Waals surface area contributed by atoms with Crippen LogP contribution in [0.5, 0.6) is 0 Å². The van der Waals surface area contributed by atoms with Crippen molar-refractivity contribution in [3.8, 4) is 0 Å². The molecule has 3 amide bonds. The minimum atomic E-state index is -0.209. The fourth-order valence-corrected chi connectivity index (χ4v) is 3.79. The first-order chi connectivity index (χ1) is 16.1. The Hall–Kier alpha value is -3.35. The molecule has 7 heteroatoms. The number of rotatable bonds is 9. The Labute approximate surface area is 195 Å². The monoisotopic (exact) mass is 450 g/mol. The van der Waals surface area contributed by atoms with E-state index < -0.39 is 0 Å². The summed E-state index contributed by atoms with van der Waals surface area (Å²) in [5.41, 5.74) is 2.54. The van der Waals surface area contributed by atoms with Crippen LogP contribution >= 0.6 is 0 Å². The van der Waals surface area contributed by atoms with Gasteiger partial charge < -0.3 is 20.9 Å². The van der Waals surface area contributed by atoms with Crippen LogP contribution in [0.2, 0.25) is 0 Å². The molecule has 176 valence electrons. The van der Waals surface area contributed by atoms with Crippen molar-refractivity contribution >= 4 is 29.1 Å². The van der Waals surface area contributed by atoms with Gasteiger partial charge in [0, 0.05) is 42.1 Å². The summed E-state index contributed by atoms with van der Waals surface area (Å²) in [7, 11) is 0. The molecule has 0 bridgehead atoms. The number of likely N-dealkylation sites (tertiary alicyclic amines) is 1. The van der Waals surface area contributed by atoms with Crippen molar-refractivity contribution in [2.45, 2.75) is 45.4 Å². The minimum absolute atomic E-state index is 0.0510. The van der Waals surface area contributed by atoms with Gasteiger partial charge in [0.1, 0.15) is 0 Å². The van der Waals surface area contributed by atoms with Gasteiger partial charge in [-0.05, 0) is 61.7 Å². The largest absolute Gasteiger partial charge is 0.376 e. The molecule has 1 fully saturated rings. The molecule has 0 saturated carbocycles. The third-order valence-corrected chi connectivity index (χ3v) is 5.70. The van der Waals surface area contributed by atoms with E-state index in [4.69, 9.17) is 0 Å². The first-order valence-electron chi connectivity index (χ1n) is 11.9. The van der Waals surface area contributed by atoms with Crippen molar-refractivity contribution in [3.05, 3.63) is 59.7 Å². The molecule has 7 nitrogen and oxygen atoms in total. The average molecular weight is 451 g/mol. The van der Waals surface area contributed by atoms with Crippen LogP contribution in [0.1, 0.15) is 66.2 Å². The van der Waals surface area contributed by atoms with Gasteiger partial charge in [-0.3, -0.25) is 14.4 Å². The highest BCUT2D eigenvalue weighted by Crippen LogP contribution is 2.16. The molecule has 0 aliphatic carbocycles. The molecule has 1 heterocycles. The van der Waals surface area contributed by atoms with Crippen LogP contribution in [0.4, 0.5) is 11.4 Å². The van der Waals surface area contributed by atoms with Gasteiger partial charge in [0.15, 0.2) is 0 Å². The molecule has 2 aromatic carbocycles. The first kappa shape index (κ1) is 24.3. The molecule has 1 aliphatic rings. The maximum Gasteiger partial charge on any atom is 0.253 e. The van der Waals surface area contributed by atoms with E-state index in [1.165, 1.54) is 12.8 Å². The lowest BCUT2D eigenvalue weighted by Crippen LogP contribution is -2.31. The van der Waals surface area contributed by atoms with Crippen LogP contribution in [0.15, 0.2) is 48.5 Å². The third-order valence-electron chi connectivity index (χ3n) is 5.70. The number of nitrogens with one attached hydrogen (secondary N) is 3. The molecule has 3 N–H and O–H groups in total. The molecule has 0 unspecified atom stereocenters. The Balaban J connectivity index is 1.48. The number of unbranched alkanes of at least 4 members (excludes halogenated alkanes) is 1. The molecule has 0 radical (unpaired) electrons. The summed E-state index contributed by atoms with van der Waals surface area (Å²) in [5, 5.41) is 8.77. The molecule has 2 aromatic rings. The zero-order valence-electron chi connectivity index (χ0n) is 19.4. The SMILES string of the molecule is CCCCNC(=O)c1cccc(NCC(=O)Nc2ccc(C(=O)N3CCCCCC3)cc2)c1. The highest BCUT2D eigenvalue weighted by molar-refractivity contribution is 5.97. The van der Waals surface area contributed by atoms with Gasteiger partial charge in [0.25, 0.3) is 11.8 Å². The lowest BCUT2D eigenvalue weighted by atomic mass is 10.1. The van der Waals surface area contributed by atoms with Crippen molar-refractivity contribution in [2.24, 2.45) is 0 Å². The Bertz CT molecular complexity index is 935. The molecule has 1 aliphatic heterocycles. The number of hydrogen-bond acceptors (Lipinski definition) is 4. The molecule has 33 heavy (non-hydrogen) atoms. The zero-order chi connectivity index (χ0) is 23.5. The van der Waals surface area contributed by atoms with Crippen LogP contribution in [-0.4, -0.2) is 48.8 Å². The Kier molecular flexibility index (Phi) is 9.30. The number of amides is 3. The number of anilines is 2. The summed E-state index contributed by atoms with van der Waals surface area (Å²) in [6.07, 6.45) is 6.43. The second-order valence-corrected chi connectivity index (χ2v) is 8.38. The first-order valence-corrected chi connectivity index (χ1v) is 11.9. The molecule has 1 saturated heterocycles. The lowest BCUT2D eigenvalue weighted by molar-refractivity contribution is -0.114. The molecular weight excluding hydrogens is 416 g/mol. The maximum absolute atomic E-state index is 12.7. The number of carbonyl (C=O) groups excluding carboxylic acids is 3. The van der Waals surface area contributed by atoms with Gasteiger partial charge >= 0.3 is 0 Å². The van der Waals surface area contributed by atoms with Crippen molar-refractivity contribution in [1.82, 2.24) is 10.2 Å². The third kappa shape index (κ3) is 7.63. The van der Waals surface area contributed by atoms with Crippen molar-refractivity contribution in [1.29, 1.82) is 0 Å². The summed E-state index contributed by atoms with van der Waals surface area (Å²) >= 11 is 0. The molecule has 0 spiro atoms. The van der Waals surface area contributed by atoms with E-state index in [1.54, 1.807) is 42.5 Å². The maximum atomic E-state index is 12.7. The van der Waals surface area contributed by atoms with Crippen LogP contribution in [0.25, 0.3) is 0 Å². The predicted octanol–water partition coefficient (Wildman–Crippen LogP) is 4.28. The molecule has 3 rings (SSSR count). The van der Waals surface area contributed by atoms with Gasteiger partial charge in [-0.15, -0.1) is 0 Å². The quantitative estimate of drug-likeness (QED) is 0.497. The van der Waals surface area contributed by atoms with Gasteiger partial charge in [-0.1, -0.05) is 32.3 Å². The van der Waals surface area contributed by atoms with Crippen molar-refractivity contribution < 1.29 is 14.4 Å². The lowest BCUT2D eigenvalue weighted by Gasteiger charge is -2.20. The fraction of sp³-hybridized carbons (Fsp3) is 0.423. The van der Waals surface area contributed by atoms with Crippen LogP contribution < -0.4 is 16.0 Å². The van der Waals surface area contributed by atoms with Crippen molar-refractivity contribution in [2.75, 3.05) is 36.8 Å². The normalized spacial score (nSPS) is 13.7. The van der Waals surface area contributed by atoms with E-state index in [1.807, 2.05) is 11.0 Å². The van der Waals surface area contributed by atoms with E-state index in [0.29, 0.717) is 29.0 Å². The predicted molar refractivity (Wildman–Crippen MR) is 132 cm³/mol. The van der Waals surface area contributed by atoms with Crippen LogP contribution in [-0.2, 0) is 4.79 Å². The Morgan fingerprint density at radius 3 is 2.30 bits per heavy atom. The Morgan fingerprint density at radius 2 is 1.61 bits per heavy atom. The topological polar surface area (TPSA) is 90.5 Å². The smallest absolute Gasteiger partial charge is 0.253 e. The highest BCUT2D eigenvalue weighted by atomic mass is 16.2. The van der Waals surface area contributed by atoms with E-state index in [9.17, 15) is 14.4 Å². The second-order valence-electron chi connectivity index (χ2n) is 8.38. The van der Waals surface area contributed by atoms with Gasteiger partial charge in [0.2, 0.25) is 5.91 Å². The highest BCUT2D eigenvalue weighted by Gasteiger charge is 2.17. The standard InChI is InChI=1S/C26H34N4O3/c1-2-3-15-27-25(32)21-9-8-10-23(18-21)28-19-24(31)29-22-13-11-20(12-14-22)26(33)30-16-6-4-5-7-17-30/h8-14,18,28H,2-7,15-17,19H2,1H3,(H,27,32)(H,29,31). The average Bonchev–Trinajstić information content (AvgIpc) is 3.13. The Morgan fingerprint density at radius 1 is 0.879 bits per heavy atom. The number of hydrogen-bond donors (Lipinski definition) is 3. The van der Waals surface area contributed by atoms with Crippen molar-refractivity contribution in [3.63, 3.8) is 0 Å². The van der Waals surface area contributed by atoms with Gasteiger partial charge in [-0.2, -0.15) is 0 Å². The molecule has 0 aromatic heterocycles. The van der Waals surface area contributed by atoms with E-state index >= 15 is 0 Å². The second kappa shape index (κ2) is 12.6. The summed E-state index contributed by atoms with van der Waals surface area (Å²) in [5.74, 6) is -0.277. The number of nitrogens with zero attached hydrogens (tertiary/aromatic N) is 1. The van der Waals surface area contributed by atoms with Gasteiger partial charge in [0.05, 0.1) is 6.54 Å². The minimum Gasteiger partial charge on any atom is -0.376 e. The summed E-state index contributed by atoms with van der Waals surface area (Å²) in [6.45, 7) is 4.41.